The van der Waals surface area contributed by atoms with Crippen molar-refractivity contribution in [1.82, 2.24) is 0 Å². The Bertz CT molecular complexity index is 246. The number of hydrogen-bond acceptors (Lipinski definition) is 1. The Morgan fingerprint density at radius 3 is 1.91 bits per heavy atom. The first-order valence-electron chi connectivity index (χ1n) is 2.39. The molecule has 1 rings (SSSR count). The minimum Gasteiger partial charge on any atom is -0.302 e. The van der Waals surface area contributed by atoms with Crippen molar-refractivity contribution in [2.45, 2.75) is 11.8 Å². The fourth-order valence-corrected chi connectivity index (χ4v) is 1.20. The standard InChI is InChI=1S/C4H2F4O2S/c5-3(6)1-2(11(9)10)4(3,7)8/h1H,(H,9,10). The summed E-state index contributed by atoms with van der Waals surface area (Å²) in [5.74, 6) is -8.74. The van der Waals surface area contributed by atoms with Gasteiger partial charge in [0.15, 0.2) is 11.1 Å². The predicted molar refractivity (Wildman–Crippen MR) is 28.7 cm³/mol. The number of halogens is 4. The Hall–Kier alpha value is -0.430. The molecule has 0 saturated carbocycles. The van der Waals surface area contributed by atoms with Crippen molar-refractivity contribution < 1.29 is 26.3 Å². The smallest absolute Gasteiger partial charge is 0.302 e. The van der Waals surface area contributed by atoms with Gasteiger partial charge in [-0.3, -0.25) is 0 Å². The maximum absolute atomic E-state index is 12.1. The molecular weight excluding hydrogens is 188 g/mol. The van der Waals surface area contributed by atoms with Crippen molar-refractivity contribution in [3.63, 3.8) is 0 Å². The lowest BCUT2D eigenvalue weighted by molar-refractivity contribution is -0.173. The minimum absolute atomic E-state index is 0.205. The van der Waals surface area contributed by atoms with Gasteiger partial charge in [-0.25, -0.2) is 4.21 Å². The highest BCUT2D eigenvalue weighted by Crippen LogP contribution is 2.50. The molecule has 64 valence electrons. The lowest BCUT2D eigenvalue weighted by atomic mass is 10.0. The molecule has 0 aromatic carbocycles. The monoisotopic (exact) mass is 190 g/mol. The fraction of sp³-hybridized carbons (Fsp3) is 0.500. The van der Waals surface area contributed by atoms with E-state index in [0.717, 1.165) is 0 Å². The molecule has 0 aromatic rings. The molecule has 1 unspecified atom stereocenters. The molecular formula is C4H2F4O2S. The second-order valence-electron chi connectivity index (χ2n) is 1.96. The van der Waals surface area contributed by atoms with Crippen LogP contribution in [0.5, 0.6) is 0 Å². The maximum Gasteiger partial charge on any atom is 0.349 e. The first-order valence-corrected chi connectivity index (χ1v) is 3.49. The van der Waals surface area contributed by atoms with Crippen LogP contribution < -0.4 is 0 Å². The van der Waals surface area contributed by atoms with Crippen LogP contribution in [0.3, 0.4) is 0 Å². The molecule has 0 aromatic heterocycles. The van der Waals surface area contributed by atoms with E-state index in [4.69, 9.17) is 4.55 Å². The van der Waals surface area contributed by atoms with Crippen LogP contribution in [0, 0.1) is 0 Å². The van der Waals surface area contributed by atoms with Crippen LogP contribution in [0.15, 0.2) is 11.0 Å². The van der Waals surface area contributed by atoms with Gasteiger partial charge in [0.1, 0.15) is 4.91 Å². The van der Waals surface area contributed by atoms with E-state index in [1.165, 1.54) is 0 Å². The van der Waals surface area contributed by atoms with Gasteiger partial charge < -0.3 is 4.55 Å². The van der Waals surface area contributed by atoms with Gasteiger partial charge in [-0.1, -0.05) is 0 Å². The lowest BCUT2D eigenvalue weighted by Crippen LogP contribution is -2.50. The Kier molecular flexibility index (Phi) is 1.61. The van der Waals surface area contributed by atoms with E-state index < -0.39 is 27.8 Å². The molecule has 1 N–H and O–H groups in total. The molecule has 0 aliphatic heterocycles. The third kappa shape index (κ3) is 0.987. The Morgan fingerprint density at radius 2 is 1.82 bits per heavy atom. The van der Waals surface area contributed by atoms with Crippen LogP contribution >= 0.6 is 0 Å². The molecule has 0 amide bonds. The van der Waals surface area contributed by atoms with Crippen molar-refractivity contribution in [3.8, 4) is 0 Å². The Morgan fingerprint density at radius 1 is 1.36 bits per heavy atom. The van der Waals surface area contributed by atoms with E-state index in [2.05, 4.69) is 0 Å². The SMILES string of the molecule is O=S(O)C1=CC(F)(F)C1(F)F. The second kappa shape index (κ2) is 2.04. The van der Waals surface area contributed by atoms with Crippen molar-refractivity contribution in [3.05, 3.63) is 11.0 Å². The predicted octanol–water partition coefficient (Wildman–Crippen LogP) is 1.38. The van der Waals surface area contributed by atoms with Gasteiger partial charge in [-0.2, -0.15) is 17.6 Å². The average molecular weight is 190 g/mol. The largest absolute Gasteiger partial charge is 0.349 e. The first-order chi connectivity index (χ1) is 4.79. The normalized spacial score (nSPS) is 28.6. The number of rotatable bonds is 1. The van der Waals surface area contributed by atoms with Gasteiger partial charge in [0, 0.05) is 6.08 Å². The van der Waals surface area contributed by atoms with Crippen LogP contribution in [0.2, 0.25) is 0 Å². The zero-order valence-electron chi connectivity index (χ0n) is 4.85. The summed E-state index contributed by atoms with van der Waals surface area (Å²) < 4.78 is 65.8. The quantitative estimate of drug-likeness (QED) is 0.501. The molecule has 1 atom stereocenters. The van der Waals surface area contributed by atoms with E-state index in [9.17, 15) is 21.8 Å². The highest BCUT2D eigenvalue weighted by molar-refractivity contribution is 7.83. The van der Waals surface area contributed by atoms with E-state index >= 15 is 0 Å². The topological polar surface area (TPSA) is 37.3 Å². The van der Waals surface area contributed by atoms with Crippen LogP contribution in [0.1, 0.15) is 0 Å². The van der Waals surface area contributed by atoms with E-state index in [0.29, 0.717) is 0 Å². The Balaban J connectivity index is 3.01. The fourth-order valence-electron chi connectivity index (χ4n) is 0.592. The van der Waals surface area contributed by atoms with Crippen LogP contribution in [-0.2, 0) is 11.1 Å². The Labute approximate surface area is 61.2 Å². The zero-order chi connectivity index (χ0) is 8.86. The van der Waals surface area contributed by atoms with Crippen LogP contribution in [-0.4, -0.2) is 20.6 Å². The third-order valence-electron chi connectivity index (χ3n) is 1.23. The maximum atomic E-state index is 12.1. The van der Waals surface area contributed by atoms with Crippen molar-refractivity contribution >= 4 is 11.1 Å². The molecule has 7 heteroatoms. The molecule has 0 saturated heterocycles. The summed E-state index contributed by atoms with van der Waals surface area (Å²) in [7, 11) is 0. The summed E-state index contributed by atoms with van der Waals surface area (Å²) in [5, 5.41) is 0. The summed E-state index contributed by atoms with van der Waals surface area (Å²) in [6.07, 6.45) is -0.205. The average Bonchev–Trinajstić information content (AvgIpc) is 1.82. The van der Waals surface area contributed by atoms with Gasteiger partial charge in [0.05, 0.1) is 0 Å². The minimum atomic E-state index is -4.47. The summed E-state index contributed by atoms with van der Waals surface area (Å²) in [6.45, 7) is 0. The van der Waals surface area contributed by atoms with Gasteiger partial charge in [-0.15, -0.1) is 0 Å². The summed E-state index contributed by atoms with van der Waals surface area (Å²) in [5.41, 5.74) is 0. The highest BCUT2D eigenvalue weighted by atomic mass is 32.2. The van der Waals surface area contributed by atoms with Crippen molar-refractivity contribution in [1.29, 1.82) is 0 Å². The van der Waals surface area contributed by atoms with E-state index in [-0.39, 0.29) is 6.08 Å². The number of hydrogen-bond donors (Lipinski definition) is 1. The molecule has 2 nitrogen and oxygen atoms in total. The number of alkyl halides is 4. The van der Waals surface area contributed by atoms with E-state index in [1.54, 1.807) is 0 Å². The molecule has 0 heterocycles. The zero-order valence-corrected chi connectivity index (χ0v) is 5.67. The van der Waals surface area contributed by atoms with Crippen LogP contribution in [0.4, 0.5) is 17.6 Å². The molecule has 0 bridgehead atoms. The molecule has 1 aliphatic rings. The molecule has 1 aliphatic carbocycles. The molecule has 0 radical (unpaired) electrons. The van der Waals surface area contributed by atoms with Gasteiger partial charge in [-0.05, 0) is 0 Å². The first kappa shape index (κ1) is 8.66. The van der Waals surface area contributed by atoms with Crippen molar-refractivity contribution in [2.24, 2.45) is 0 Å². The molecule has 0 fully saturated rings. The molecule has 0 spiro atoms. The van der Waals surface area contributed by atoms with Crippen molar-refractivity contribution in [2.75, 3.05) is 0 Å². The van der Waals surface area contributed by atoms with E-state index in [1.807, 2.05) is 0 Å². The van der Waals surface area contributed by atoms with Crippen LogP contribution in [0.25, 0.3) is 0 Å². The van der Waals surface area contributed by atoms with Gasteiger partial charge in [0.25, 0.3) is 0 Å². The number of allylic oxidation sites excluding steroid dienone is 2. The second-order valence-corrected chi connectivity index (χ2v) is 2.89. The molecule has 11 heavy (non-hydrogen) atoms. The lowest BCUT2D eigenvalue weighted by Gasteiger charge is -2.32. The summed E-state index contributed by atoms with van der Waals surface area (Å²) in [4.78, 5) is -1.43. The third-order valence-corrected chi connectivity index (χ3v) is 1.98. The highest BCUT2D eigenvalue weighted by Gasteiger charge is 2.67. The summed E-state index contributed by atoms with van der Waals surface area (Å²) >= 11 is -3.01. The summed E-state index contributed by atoms with van der Waals surface area (Å²) in [6, 6.07) is 0. The van der Waals surface area contributed by atoms with Gasteiger partial charge in [0.2, 0.25) is 0 Å². The van der Waals surface area contributed by atoms with Gasteiger partial charge >= 0.3 is 11.8 Å².